The number of aromatic nitrogens is 3. The van der Waals surface area contributed by atoms with Crippen LogP contribution in [0.3, 0.4) is 0 Å². The van der Waals surface area contributed by atoms with Crippen LogP contribution in [0.1, 0.15) is 35.9 Å². The number of ether oxygens (including phenoxy) is 3. The zero-order chi connectivity index (χ0) is 24.1. The van der Waals surface area contributed by atoms with Crippen LogP contribution in [-0.4, -0.2) is 41.7 Å². The van der Waals surface area contributed by atoms with Crippen LogP contribution in [0.5, 0.6) is 17.4 Å². The lowest BCUT2D eigenvalue weighted by Gasteiger charge is -2.17. The van der Waals surface area contributed by atoms with Crippen LogP contribution in [0.4, 0.5) is 17.3 Å². The van der Waals surface area contributed by atoms with E-state index < -0.39 is 5.91 Å². The average molecular weight is 528 g/mol. The molecule has 9 nitrogen and oxygen atoms in total. The molecule has 1 aliphatic rings. The molecule has 0 saturated heterocycles. The molecule has 178 valence electrons. The predicted octanol–water partition coefficient (Wildman–Crippen LogP) is 5.00. The zero-order valence-corrected chi connectivity index (χ0v) is 20.8. The molecule has 2 aromatic heterocycles. The number of anilines is 3. The first-order valence-electron chi connectivity index (χ1n) is 11.0. The fourth-order valence-corrected chi connectivity index (χ4v) is 3.81. The van der Waals surface area contributed by atoms with Gasteiger partial charge in [0.15, 0.2) is 11.6 Å². The molecule has 1 fully saturated rings. The van der Waals surface area contributed by atoms with Gasteiger partial charge in [-0.3, -0.25) is 4.79 Å². The van der Waals surface area contributed by atoms with Gasteiger partial charge in [0, 0.05) is 6.07 Å². The SMILES string of the molecule is CCOc1cccc(C(=O)Nc2nc(CC3CC3)c(Br)nc2Nc2c(OC)cccc2OC)n1. The second kappa shape index (κ2) is 10.7. The molecule has 0 unspecified atom stereocenters. The second-order valence-electron chi connectivity index (χ2n) is 7.72. The minimum atomic E-state index is -0.425. The molecular weight excluding hydrogens is 502 g/mol. The summed E-state index contributed by atoms with van der Waals surface area (Å²) in [4.78, 5) is 26.7. The molecule has 34 heavy (non-hydrogen) atoms. The Labute approximate surface area is 206 Å². The van der Waals surface area contributed by atoms with E-state index >= 15 is 0 Å². The van der Waals surface area contributed by atoms with Crippen molar-refractivity contribution in [3.63, 3.8) is 0 Å². The smallest absolute Gasteiger partial charge is 0.275 e. The number of amides is 1. The van der Waals surface area contributed by atoms with E-state index in [1.807, 2.05) is 13.0 Å². The topological polar surface area (TPSA) is 107 Å². The molecule has 0 aliphatic heterocycles. The Kier molecular flexibility index (Phi) is 7.46. The van der Waals surface area contributed by atoms with Gasteiger partial charge >= 0.3 is 0 Å². The van der Waals surface area contributed by atoms with Crippen molar-refractivity contribution in [1.29, 1.82) is 0 Å². The number of hydrogen-bond acceptors (Lipinski definition) is 8. The van der Waals surface area contributed by atoms with Gasteiger partial charge in [0.25, 0.3) is 5.91 Å². The van der Waals surface area contributed by atoms with Crippen LogP contribution >= 0.6 is 15.9 Å². The summed E-state index contributed by atoms with van der Waals surface area (Å²) in [5, 5.41) is 6.08. The summed E-state index contributed by atoms with van der Waals surface area (Å²) in [5.41, 5.74) is 1.56. The Morgan fingerprint density at radius 2 is 1.74 bits per heavy atom. The van der Waals surface area contributed by atoms with Gasteiger partial charge in [-0.1, -0.05) is 12.1 Å². The number of rotatable bonds is 10. The fourth-order valence-electron chi connectivity index (χ4n) is 3.38. The summed E-state index contributed by atoms with van der Waals surface area (Å²) < 4.78 is 17.0. The van der Waals surface area contributed by atoms with Crippen LogP contribution < -0.4 is 24.8 Å². The number of carbonyl (C=O) groups excluding carboxylic acids is 1. The van der Waals surface area contributed by atoms with Gasteiger partial charge in [-0.05, 0) is 66.2 Å². The number of pyridine rings is 1. The Balaban J connectivity index is 1.70. The third kappa shape index (κ3) is 5.56. The van der Waals surface area contributed by atoms with Crippen molar-refractivity contribution < 1.29 is 19.0 Å². The summed E-state index contributed by atoms with van der Waals surface area (Å²) in [6, 6.07) is 10.5. The molecule has 1 amide bonds. The normalized spacial score (nSPS) is 12.7. The van der Waals surface area contributed by atoms with Crippen molar-refractivity contribution in [2.45, 2.75) is 26.2 Å². The van der Waals surface area contributed by atoms with Crippen molar-refractivity contribution in [1.82, 2.24) is 15.0 Å². The van der Waals surface area contributed by atoms with Crippen molar-refractivity contribution in [2.75, 3.05) is 31.5 Å². The molecule has 0 atom stereocenters. The largest absolute Gasteiger partial charge is 0.494 e. The number of nitrogens with one attached hydrogen (secondary N) is 2. The molecule has 0 bridgehead atoms. The van der Waals surface area contributed by atoms with Crippen LogP contribution in [0.2, 0.25) is 0 Å². The van der Waals surface area contributed by atoms with Crippen LogP contribution in [0, 0.1) is 5.92 Å². The maximum atomic E-state index is 13.1. The van der Waals surface area contributed by atoms with Crippen molar-refractivity contribution in [2.24, 2.45) is 5.92 Å². The highest BCUT2D eigenvalue weighted by Gasteiger charge is 2.26. The summed E-state index contributed by atoms with van der Waals surface area (Å²) in [6.45, 7) is 2.31. The maximum absolute atomic E-state index is 13.1. The number of halogens is 1. The van der Waals surface area contributed by atoms with E-state index in [0.717, 1.165) is 12.1 Å². The van der Waals surface area contributed by atoms with Gasteiger partial charge in [-0.15, -0.1) is 0 Å². The fraction of sp³-hybridized carbons (Fsp3) is 0.333. The minimum Gasteiger partial charge on any atom is -0.494 e. The minimum absolute atomic E-state index is 0.209. The molecule has 0 spiro atoms. The van der Waals surface area contributed by atoms with E-state index in [1.165, 1.54) is 12.8 Å². The first-order chi connectivity index (χ1) is 16.5. The number of methoxy groups -OCH3 is 2. The van der Waals surface area contributed by atoms with E-state index in [9.17, 15) is 4.79 Å². The Hall–Kier alpha value is -3.40. The number of benzene rings is 1. The summed E-state index contributed by atoms with van der Waals surface area (Å²) >= 11 is 3.54. The zero-order valence-electron chi connectivity index (χ0n) is 19.2. The standard InChI is InChI=1S/C24H26BrN5O4/c1-4-34-19-10-5-7-15(26-19)24(31)30-22-23(29-21(25)16(27-22)13-14-11-12-14)28-20-17(32-2)8-6-9-18(20)33-3/h5-10,14H,4,11-13H2,1-3H3,(H,28,29)(H,27,30,31). The van der Waals surface area contributed by atoms with E-state index in [-0.39, 0.29) is 11.5 Å². The molecular formula is C24H26BrN5O4. The summed E-state index contributed by atoms with van der Waals surface area (Å²) in [7, 11) is 3.14. The van der Waals surface area contributed by atoms with E-state index in [4.69, 9.17) is 19.2 Å². The lowest BCUT2D eigenvalue weighted by atomic mass is 10.2. The number of carbonyl (C=O) groups is 1. The second-order valence-corrected chi connectivity index (χ2v) is 8.47. The molecule has 2 heterocycles. The molecule has 4 rings (SSSR count). The van der Waals surface area contributed by atoms with Gasteiger partial charge in [0.2, 0.25) is 5.88 Å². The molecule has 0 radical (unpaired) electrons. The van der Waals surface area contributed by atoms with Crippen LogP contribution in [-0.2, 0) is 6.42 Å². The molecule has 10 heteroatoms. The Morgan fingerprint density at radius 3 is 2.38 bits per heavy atom. The van der Waals surface area contributed by atoms with Gasteiger partial charge < -0.3 is 24.8 Å². The first-order valence-corrected chi connectivity index (χ1v) is 11.8. The van der Waals surface area contributed by atoms with Crippen molar-refractivity contribution >= 4 is 39.2 Å². The lowest BCUT2D eigenvalue weighted by Crippen LogP contribution is -2.18. The molecule has 1 saturated carbocycles. The van der Waals surface area contributed by atoms with E-state index in [2.05, 4.69) is 36.5 Å². The monoisotopic (exact) mass is 527 g/mol. The predicted molar refractivity (Wildman–Crippen MR) is 132 cm³/mol. The Bertz CT molecular complexity index is 1160. The third-order valence-electron chi connectivity index (χ3n) is 5.25. The van der Waals surface area contributed by atoms with Crippen LogP contribution in [0.25, 0.3) is 0 Å². The molecule has 3 aromatic rings. The van der Waals surface area contributed by atoms with Gasteiger partial charge in [-0.25, -0.2) is 15.0 Å². The highest BCUT2D eigenvalue weighted by molar-refractivity contribution is 9.10. The molecule has 1 aliphatic carbocycles. The molecule has 2 N–H and O–H groups in total. The maximum Gasteiger partial charge on any atom is 0.275 e. The average Bonchev–Trinajstić information content (AvgIpc) is 3.66. The van der Waals surface area contributed by atoms with Crippen molar-refractivity contribution in [3.05, 3.63) is 52.4 Å². The highest BCUT2D eigenvalue weighted by Crippen LogP contribution is 2.39. The summed E-state index contributed by atoms with van der Waals surface area (Å²) in [5.74, 6) is 2.27. The third-order valence-corrected chi connectivity index (χ3v) is 5.88. The Morgan fingerprint density at radius 1 is 1.03 bits per heavy atom. The van der Waals surface area contributed by atoms with Crippen molar-refractivity contribution in [3.8, 4) is 17.4 Å². The van der Waals surface area contributed by atoms with Gasteiger partial charge in [-0.2, -0.15) is 0 Å². The number of nitrogens with zero attached hydrogens (tertiary/aromatic N) is 3. The quantitative estimate of drug-likeness (QED) is 0.379. The number of hydrogen-bond donors (Lipinski definition) is 2. The van der Waals surface area contributed by atoms with Crippen LogP contribution in [0.15, 0.2) is 41.0 Å². The van der Waals surface area contributed by atoms with Gasteiger partial charge in [0.1, 0.15) is 27.5 Å². The molecule has 1 aromatic carbocycles. The highest BCUT2D eigenvalue weighted by atomic mass is 79.9. The number of para-hydroxylation sites is 1. The lowest BCUT2D eigenvalue weighted by molar-refractivity contribution is 0.102. The first kappa shape index (κ1) is 23.7. The van der Waals surface area contributed by atoms with Gasteiger partial charge in [0.05, 0.1) is 26.5 Å². The van der Waals surface area contributed by atoms with E-state index in [1.54, 1.807) is 44.6 Å². The summed E-state index contributed by atoms with van der Waals surface area (Å²) in [6.07, 6.45) is 3.12. The van der Waals surface area contributed by atoms with E-state index in [0.29, 0.717) is 46.0 Å².